The van der Waals surface area contributed by atoms with E-state index in [2.05, 4.69) is 34.6 Å². The molecule has 6 nitrogen and oxygen atoms in total. The Kier molecular flexibility index (Phi) is 4.57. The molecule has 0 radical (unpaired) electrons. The van der Waals surface area contributed by atoms with Gasteiger partial charge in [-0.05, 0) is 24.1 Å². The third-order valence-corrected chi connectivity index (χ3v) is 3.31. The number of carbonyl (C=O) groups is 1. The van der Waals surface area contributed by atoms with Gasteiger partial charge in [-0.1, -0.05) is 13.8 Å². The quantitative estimate of drug-likeness (QED) is 0.881. The molecule has 0 saturated carbocycles. The molecule has 0 saturated heterocycles. The van der Waals surface area contributed by atoms with Crippen molar-refractivity contribution in [1.82, 2.24) is 20.1 Å². The lowest BCUT2D eigenvalue weighted by atomic mass is 10.1. The molecule has 2 aromatic rings. The molecule has 2 N–H and O–H groups in total. The maximum Gasteiger partial charge on any atom is 0.251 e. The van der Waals surface area contributed by atoms with Gasteiger partial charge in [0.25, 0.3) is 5.91 Å². The highest BCUT2D eigenvalue weighted by atomic mass is 16.1. The molecule has 0 atom stereocenters. The van der Waals surface area contributed by atoms with E-state index in [1.807, 2.05) is 19.2 Å². The Morgan fingerprint density at radius 1 is 1.38 bits per heavy atom. The van der Waals surface area contributed by atoms with Crippen LogP contribution in [0.2, 0.25) is 0 Å². The number of anilines is 1. The minimum absolute atomic E-state index is 0.114. The molecule has 2 rings (SSSR count). The number of hydrogen-bond acceptors (Lipinski definition) is 4. The Morgan fingerprint density at radius 2 is 2.14 bits per heavy atom. The highest BCUT2D eigenvalue weighted by molar-refractivity contribution is 5.95. The van der Waals surface area contributed by atoms with E-state index in [1.54, 1.807) is 24.0 Å². The Morgan fingerprint density at radius 3 is 2.71 bits per heavy atom. The minimum atomic E-state index is -0.114. The second kappa shape index (κ2) is 6.39. The molecule has 1 amide bonds. The van der Waals surface area contributed by atoms with Gasteiger partial charge < -0.3 is 10.6 Å². The van der Waals surface area contributed by atoms with Crippen LogP contribution in [-0.2, 0) is 13.6 Å². The Bertz CT molecular complexity index is 633. The summed E-state index contributed by atoms with van der Waals surface area (Å²) in [4.78, 5) is 16.8. The van der Waals surface area contributed by atoms with Crippen molar-refractivity contribution < 1.29 is 4.79 Å². The molecule has 0 fully saturated rings. The molecule has 21 heavy (non-hydrogen) atoms. The number of carbonyl (C=O) groups excluding carboxylic acids is 1. The summed E-state index contributed by atoms with van der Waals surface area (Å²) in [6, 6.07) is 5.47. The molecule has 0 unspecified atom stereocenters. The van der Waals surface area contributed by atoms with Gasteiger partial charge >= 0.3 is 0 Å². The lowest BCUT2D eigenvalue weighted by Crippen LogP contribution is -2.24. The first-order valence-corrected chi connectivity index (χ1v) is 6.96. The third kappa shape index (κ3) is 3.59. The molecule has 0 aromatic carbocycles. The highest BCUT2D eigenvalue weighted by Crippen LogP contribution is 2.17. The van der Waals surface area contributed by atoms with E-state index in [-0.39, 0.29) is 11.8 Å². The van der Waals surface area contributed by atoms with Crippen molar-refractivity contribution in [2.75, 3.05) is 12.4 Å². The van der Waals surface area contributed by atoms with Crippen molar-refractivity contribution >= 4 is 11.7 Å². The van der Waals surface area contributed by atoms with Crippen LogP contribution in [0, 0.1) is 0 Å². The molecule has 0 bridgehead atoms. The normalized spacial score (nSPS) is 10.7. The van der Waals surface area contributed by atoms with Gasteiger partial charge in [0.1, 0.15) is 5.82 Å². The van der Waals surface area contributed by atoms with E-state index in [4.69, 9.17) is 0 Å². The zero-order valence-electron chi connectivity index (χ0n) is 12.8. The summed E-state index contributed by atoms with van der Waals surface area (Å²) in [6.07, 6.45) is 1.71. The van der Waals surface area contributed by atoms with Crippen LogP contribution >= 0.6 is 0 Å². The number of rotatable bonds is 5. The van der Waals surface area contributed by atoms with Gasteiger partial charge in [-0.2, -0.15) is 5.10 Å². The fourth-order valence-electron chi connectivity index (χ4n) is 1.95. The van der Waals surface area contributed by atoms with E-state index in [0.717, 1.165) is 11.4 Å². The average Bonchev–Trinajstić information content (AvgIpc) is 2.89. The lowest BCUT2D eigenvalue weighted by Gasteiger charge is -2.11. The van der Waals surface area contributed by atoms with Gasteiger partial charge in [0.15, 0.2) is 0 Å². The third-order valence-electron chi connectivity index (χ3n) is 3.31. The fraction of sp³-hybridized carbons (Fsp3) is 0.400. The summed E-state index contributed by atoms with van der Waals surface area (Å²) in [5.41, 5.74) is 2.46. The zero-order valence-corrected chi connectivity index (χ0v) is 12.8. The first-order chi connectivity index (χ1) is 10.0. The van der Waals surface area contributed by atoms with Crippen LogP contribution in [0.3, 0.4) is 0 Å². The van der Waals surface area contributed by atoms with Crippen LogP contribution in [0.1, 0.15) is 41.5 Å². The largest absolute Gasteiger partial charge is 0.373 e. The topological polar surface area (TPSA) is 71.8 Å². The first kappa shape index (κ1) is 15.0. The van der Waals surface area contributed by atoms with Gasteiger partial charge in [0.2, 0.25) is 0 Å². The molecular formula is C15H21N5O. The summed E-state index contributed by atoms with van der Waals surface area (Å²) >= 11 is 0. The van der Waals surface area contributed by atoms with Crippen molar-refractivity contribution in [3.05, 3.63) is 41.3 Å². The fourth-order valence-corrected chi connectivity index (χ4v) is 1.95. The van der Waals surface area contributed by atoms with Crippen LogP contribution in [0.4, 0.5) is 5.82 Å². The molecular weight excluding hydrogens is 266 g/mol. The van der Waals surface area contributed by atoms with E-state index in [0.29, 0.717) is 17.9 Å². The molecule has 2 aromatic heterocycles. The number of nitrogens with zero attached hydrogens (tertiary/aromatic N) is 3. The van der Waals surface area contributed by atoms with Gasteiger partial charge in [-0.15, -0.1) is 0 Å². The second-order valence-corrected chi connectivity index (χ2v) is 5.20. The van der Waals surface area contributed by atoms with Crippen LogP contribution in [0.5, 0.6) is 0 Å². The number of nitrogens with one attached hydrogen (secondary N) is 2. The number of aromatic nitrogens is 3. The first-order valence-electron chi connectivity index (χ1n) is 6.96. The van der Waals surface area contributed by atoms with Crippen LogP contribution in [0.15, 0.2) is 24.4 Å². The average molecular weight is 287 g/mol. The lowest BCUT2D eigenvalue weighted by molar-refractivity contribution is 0.0950. The number of amides is 1. The predicted octanol–water partition coefficient (Wildman–Crippen LogP) is 1.91. The Hall–Kier alpha value is -2.37. The molecule has 0 aliphatic rings. The Balaban J connectivity index is 2.14. The summed E-state index contributed by atoms with van der Waals surface area (Å²) in [5, 5.41) is 9.97. The van der Waals surface area contributed by atoms with Crippen molar-refractivity contribution in [2.45, 2.75) is 26.3 Å². The van der Waals surface area contributed by atoms with Crippen molar-refractivity contribution in [3.8, 4) is 0 Å². The summed E-state index contributed by atoms with van der Waals surface area (Å²) in [7, 11) is 3.65. The van der Waals surface area contributed by atoms with Crippen molar-refractivity contribution in [1.29, 1.82) is 0 Å². The highest BCUT2D eigenvalue weighted by Gasteiger charge is 2.12. The van der Waals surface area contributed by atoms with E-state index in [9.17, 15) is 4.79 Å². The van der Waals surface area contributed by atoms with Crippen molar-refractivity contribution in [3.63, 3.8) is 0 Å². The smallest absolute Gasteiger partial charge is 0.251 e. The van der Waals surface area contributed by atoms with Crippen LogP contribution < -0.4 is 10.6 Å². The standard InChI is InChI=1S/C15H21N5O/c1-10(2)13-7-11(8-14(16-3)19-13)15(21)17-9-12-5-6-18-20(12)4/h5-8,10H,9H2,1-4H3,(H,16,19)(H,17,21). The number of pyridine rings is 1. The maximum atomic E-state index is 12.3. The molecule has 2 heterocycles. The second-order valence-electron chi connectivity index (χ2n) is 5.20. The predicted molar refractivity (Wildman–Crippen MR) is 82.3 cm³/mol. The van der Waals surface area contributed by atoms with E-state index >= 15 is 0 Å². The summed E-state index contributed by atoms with van der Waals surface area (Å²) < 4.78 is 1.74. The number of aryl methyl sites for hydroxylation is 1. The van der Waals surface area contributed by atoms with Gasteiger partial charge in [0, 0.05) is 31.5 Å². The maximum absolute atomic E-state index is 12.3. The van der Waals surface area contributed by atoms with Gasteiger partial charge in [-0.25, -0.2) is 4.98 Å². The van der Waals surface area contributed by atoms with Gasteiger partial charge in [-0.3, -0.25) is 9.48 Å². The van der Waals surface area contributed by atoms with Crippen LogP contribution in [-0.4, -0.2) is 27.7 Å². The van der Waals surface area contributed by atoms with Crippen molar-refractivity contribution in [2.24, 2.45) is 7.05 Å². The van der Waals surface area contributed by atoms with Gasteiger partial charge in [0.05, 0.1) is 12.2 Å². The van der Waals surface area contributed by atoms with E-state index in [1.165, 1.54) is 0 Å². The molecule has 0 aliphatic carbocycles. The number of hydrogen-bond donors (Lipinski definition) is 2. The van der Waals surface area contributed by atoms with E-state index < -0.39 is 0 Å². The summed E-state index contributed by atoms with van der Waals surface area (Å²) in [6.45, 7) is 4.56. The molecule has 6 heteroatoms. The molecule has 0 aliphatic heterocycles. The molecule has 112 valence electrons. The zero-order chi connectivity index (χ0) is 15.4. The summed E-state index contributed by atoms with van der Waals surface area (Å²) in [5.74, 6) is 0.853. The Labute approximate surface area is 124 Å². The molecule has 0 spiro atoms. The monoisotopic (exact) mass is 287 g/mol. The van der Waals surface area contributed by atoms with Crippen LogP contribution in [0.25, 0.3) is 0 Å². The minimum Gasteiger partial charge on any atom is -0.373 e. The SMILES string of the molecule is CNc1cc(C(=O)NCc2ccnn2C)cc(C(C)C)n1.